The van der Waals surface area contributed by atoms with Crippen LogP contribution in [0.5, 0.6) is 0 Å². The summed E-state index contributed by atoms with van der Waals surface area (Å²) < 4.78 is 2.80. The number of thioether (sulfide) groups is 2. The summed E-state index contributed by atoms with van der Waals surface area (Å²) in [7, 11) is 0. The average molecular weight is 418 g/mol. The molecule has 0 amide bonds. The summed E-state index contributed by atoms with van der Waals surface area (Å²) in [5, 5.41) is 0. The first kappa shape index (κ1) is 15.5. The van der Waals surface area contributed by atoms with Gasteiger partial charge in [-0.2, -0.15) is 0 Å². The molecule has 0 aromatic heterocycles. The van der Waals surface area contributed by atoms with Gasteiger partial charge in [0.1, 0.15) is 0 Å². The normalized spacial score (nSPS) is 10.9. The molecule has 0 saturated carbocycles. The summed E-state index contributed by atoms with van der Waals surface area (Å²) in [6.45, 7) is 2.24. The average Bonchev–Trinajstić information content (AvgIpc) is 2.43. The summed E-state index contributed by atoms with van der Waals surface area (Å²) in [5.74, 6) is 0. The fourth-order valence-corrected chi connectivity index (χ4v) is 4.44. The third-order valence-corrected chi connectivity index (χ3v) is 6.41. The second-order valence-corrected chi connectivity index (χ2v) is 8.66. The van der Waals surface area contributed by atoms with Crippen molar-refractivity contribution in [1.82, 2.24) is 0 Å². The zero-order valence-electron chi connectivity index (χ0n) is 10.5. The SMILES string of the molecule is CCC(Sc1ccc(Br)cc1)Sc1ccc(Br)cc1. The number of rotatable bonds is 5. The van der Waals surface area contributed by atoms with Crippen molar-refractivity contribution >= 4 is 55.4 Å². The monoisotopic (exact) mass is 416 g/mol. The highest BCUT2D eigenvalue weighted by atomic mass is 79.9. The molecule has 0 spiro atoms. The quantitative estimate of drug-likeness (QED) is 0.386. The highest BCUT2D eigenvalue weighted by Gasteiger charge is 2.10. The van der Waals surface area contributed by atoms with Crippen LogP contribution in [0.4, 0.5) is 0 Å². The summed E-state index contributed by atoms with van der Waals surface area (Å²) in [4.78, 5) is 2.64. The molecule has 2 aromatic carbocycles. The second-order valence-electron chi connectivity index (χ2n) is 3.98. The lowest BCUT2D eigenvalue weighted by atomic mass is 10.4. The van der Waals surface area contributed by atoms with Crippen molar-refractivity contribution in [2.24, 2.45) is 0 Å². The molecule has 0 fully saturated rings. The first-order valence-corrected chi connectivity index (χ1v) is 9.36. The van der Waals surface area contributed by atoms with E-state index in [4.69, 9.17) is 0 Å². The van der Waals surface area contributed by atoms with Crippen LogP contribution in [0.1, 0.15) is 13.3 Å². The highest BCUT2D eigenvalue weighted by Crippen LogP contribution is 2.37. The van der Waals surface area contributed by atoms with Crippen LogP contribution in [0.15, 0.2) is 67.3 Å². The van der Waals surface area contributed by atoms with Crippen LogP contribution < -0.4 is 0 Å². The summed E-state index contributed by atoms with van der Waals surface area (Å²) in [5.41, 5.74) is 0. The number of hydrogen-bond donors (Lipinski definition) is 0. The molecule has 0 aliphatic carbocycles. The molecule has 0 saturated heterocycles. The molecule has 0 nitrogen and oxygen atoms in total. The molecule has 0 radical (unpaired) electrons. The minimum absolute atomic E-state index is 0.544. The Balaban J connectivity index is 2.00. The highest BCUT2D eigenvalue weighted by molar-refractivity contribution is 9.10. The Labute approximate surface area is 140 Å². The first-order chi connectivity index (χ1) is 9.17. The molecule has 2 aromatic rings. The fourth-order valence-electron chi connectivity index (χ4n) is 1.52. The summed E-state index contributed by atoms with van der Waals surface area (Å²) in [6, 6.07) is 17.1. The maximum absolute atomic E-state index is 3.47. The maximum Gasteiger partial charge on any atom is 0.0594 e. The summed E-state index contributed by atoms with van der Waals surface area (Å²) >= 11 is 10.8. The van der Waals surface area contributed by atoms with Crippen LogP contribution in [-0.4, -0.2) is 4.58 Å². The molecular weight excluding hydrogens is 404 g/mol. The Morgan fingerprint density at radius 3 is 1.47 bits per heavy atom. The van der Waals surface area contributed by atoms with Gasteiger partial charge < -0.3 is 0 Å². The minimum atomic E-state index is 0.544. The van der Waals surface area contributed by atoms with Crippen LogP contribution >= 0.6 is 55.4 Å². The van der Waals surface area contributed by atoms with Crippen molar-refractivity contribution in [2.75, 3.05) is 0 Å². The van der Waals surface area contributed by atoms with E-state index in [-0.39, 0.29) is 0 Å². The van der Waals surface area contributed by atoms with Crippen molar-refractivity contribution < 1.29 is 0 Å². The molecule has 0 unspecified atom stereocenters. The molecule has 0 atom stereocenters. The molecule has 0 aliphatic rings. The molecule has 0 N–H and O–H groups in total. The number of benzene rings is 2. The molecule has 0 heterocycles. The van der Waals surface area contributed by atoms with Gasteiger partial charge in [0.25, 0.3) is 0 Å². The van der Waals surface area contributed by atoms with Gasteiger partial charge in [-0.25, -0.2) is 0 Å². The third-order valence-electron chi connectivity index (χ3n) is 2.50. The Kier molecular flexibility index (Phi) is 6.33. The Morgan fingerprint density at radius 1 is 0.789 bits per heavy atom. The zero-order valence-corrected chi connectivity index (χ0v) is 15.3. The van der Waals surface area contributed by atoms with Gasteiger partial charge in [-0.05, 0) is 55.0 Å². The van der Waals surface area contributed by atoms with E-state index in [0.717, 1.165) is 15.4 Å². The molecular formula is C15H14Br2S2. The van der Waals surface area contributed by atoms with Crippen LogP contribution in [0, 0.1) is 0 Å². The van der Waals surface area contributed by atoms with Crippen molar-refractivity contribution in [3.8, 4) is 0 Å². The van der Waals surface area contributed by atoms with E-state index in [1.54, 1.807) is 0 Å². The number of halogens is 2. The zero-order chi connectivity index (χ0) is 13.7. The second kappa shape index (κ2) is 7.77. The van der Waals surface area contributed by atoms with Crippen molar-refractivity contribution in [1.29, 1.82) is 0 Å². The Bertz CT molecular complexity index is 461. The van der Waals surface area contributed by atoms with Gasteiger partial charge in [0.05, 0.1) is 4.58 Å². The van der Waals surface area contributed by atoms with Gasteiger partial charge in [-0.15, -0.1) is 23.5 Å². The van der Waals surface area contributed by atoms with Crippen molar-refractivity contribution in [2.45, 2.75) is 27.7 Å². The molecule has 0 bridgehead atoms. The Morgan fingerprint density at radius 2 is 1.16 bits per heavy atom. The fraction of sp³-hybridized carbons (Fsp3) is 0.200. The largest absolute Gasteiger partial charge is 0.111 e. The lowest BCUT2D eigenvalue weighted by Gasteiger charge is -2.14. The van der Waals surface area contributed by atoms with Crippen LogP contribution in [-0.2, 0) is 0 Å². The predicted molar refractivity (Wildman–Crippen MR) is 94.1 cm³/mol. The van der Waals surface area contributed by atoms with E-state index < -0.39 is 0 Å². The smallest absolute Gasteiger partial charge is 0.0594 e. The maximum atomic E-state index is 3.47. The first-order valence-electron chi connectivity index (χ1n) is 6.02. The van der Waals surface area contributed by atoms with Crippen molar-refractivity contribution in [3.63, 3.8) is 0 Å². The Hall–Kier alpha value is 0.1000. The van der Waals surface area contributed by atoms with E-state index >= 15 is 0 Å². The molecule has 0 aliphatic heterocycles. The van der Waals surface area contributed by atoms with E-state index in [1.807, 2.05) is 23.5 Å². The van der Waals surface area contributed by atoms with Crippen LogP contribution in [0.3, 0.4) is 0 Å². The lowest BCUT2D eigenvalue weighted by Crippen LogP contribution is -1.93. The summed E-state index contributed by atoms with van der Waals surface area (Å²) in [6.07, 6.45) is 1.14. The standard InChI is InChI=1S/C15H14Br2S2/c1-2-15(18-13-7-3-11(16)4-8-13)19-14-9-5-12(17)6-10-14/h3-10,15H,2H2,1H3. The molecule has 2 rings (SSSR count). The lowest BCUT2D eigenvalue weighted by molar-refractivity contribution is 1.05. The van der Waals surface area contributed by atoms with E-state index in [2.05, 4.69) is 87.3 Å². The third kappa shape index (κ3) is 5.18. The topological polar surface area (TPSA) is 0 Å². The van der Waals surface area contributed by atoms with E-state index in [1.165, 1.54) is 9.79 Å². The predicted octanol–water partition coefficient (Wildman–Crippen LogP) is 6.83. The van der Waals surface area contributed by atoms with Crippen LogP contribution in [0.25, 0.3) is 0 Å². The van der Waals surface area contributed by atoms with Gasteiger partial charge >= 0.3 is 0 Å². The molecule has 100 valence electrons. The molecule has 4 heteroatoms. The van der Waals surface area contributed by atoms with Crippen LogP contribution in [0.2, 0.25) is 0 Å². The van der Waals surface area contributed by atoms with Gasteiger partial charge in [0.2, 0.25) is 0 Å². The van der Waals surface area contributed by atoms with Gasteiger partial charge in [-0.1, -0.05) is 38.8 Å². The van der Waals surface area contributed by atoms with E-state index in [9.17, 15) is 0 Å². The van der Waals surface area contributed by atoms with E-state index in [0.29, 0.717) is 4.58 Å². The van der Waals surface area contributed by atoms with Crippen molar-refractivity contribution in [3.05, 3.63) is 57.5 Å². The minimum Gasteiger partial charge on any atom is -0.111 e. The van der Waals surface area contributed by atoms with Gasteiger partial charge in [0.15, 0.2) is 0 Å². The van der Waals surface area contributed by atoms with Gasteiger partial charge in [0, 0.05) is 18.7 Å². The molecule has 19 heavy (non-hydrogen) atoms. The number of hydrogen-bond acceptors (Lipinski definition) is 2. The van der Waals surface area contributed by atoms with Gasteiger partial charge in [-0.3, -0.25) is 0 Å².